The van der Waals surface area contributed by atoms with Gasteiger partial charge in [0.1, 0.15) is 11.5 Å². The minimum absolute atomic E-state index is 0.169. The van der Waals surface area contributed by atoms with Gasteiger partial charge in [-0.15, -0.1) is 0 Å². The smallest absolute Gasteiger partial charge is 0.254 e. The molecule has 2 fully saturated rings. The van der Waals surface area contributed by atoms with Crippen LogP contribution in [0.3, 0.4) is 0 Å². The highest BCUT2D eigenvalue weighted by molar-refractivity contribution is 6.06. The van der Waals surface area contributed by atoms with Crippen LogP contribution in [0.5, 0.6) is 11.5 Å². The maximum Gasteiger partial charge on any atom is 0.254 e. The Bertz CT molecular complexity index is 754. The van der Waals surface area contributed by atoms with Gasteiger partial charge in [-0.25, -0.2) is 0 Å². The topological polar surface area (TPSA) is 68.2 Å². The van der Waals surface area contributed by atoms with Crippen molar-refractivity contribution in [1.82, 2.24) is 5.01 Å². The van der Waals surface area contributed by atoms with E-state index in [9.17, 15) is 9.59 Å². The molecule has 4 unspecified atom stereocenters. The van der Waals surface area contributed by atoms with Crippen molar-refractivity contribution in [3.63, 3.8) is 0 Å². The molecule has 2 amide bonds. The molecule has 5 rings (SSSR count). The van der Waals surface area contributed by atoms with E-state index in [0.29, 0.717) is 17.1 Å². The second kappa shape index (κ2) is 6.02. The van der Waals surface area contributed by atoms with Crippen LogP contribution in [0, 0.1) is 23.7 Å². The summed E-state index contributed by atoms with van der Waals surface area (Å²) in [4.78, 5) is 25.4. The van der Waals surface area contributed by atoms with Crippen molar-refractivity contribution in [3.05, 3.63) is 35.9 Å². The van der Waals surface area contributed by atoms with Gasteiger partial charge >= 0.3 is 0 Å². The first-order valence-corrected chi connectivity index (χ1v) is 8.46. The number of fused-ring (bicyclic) bond motifs is 1. The molecular weight excluding hydrogens is 320 g/mol. The second-order valence-corrected chi connectivity index (χ2v) is 6.68. The molecule has 0 aromatic heterocycles. The minimum atomic E-state index is -0.244. The number of imide groups is 1. The summed E-state index contributed by atoms with van der Waals surface area (Å²) in [5, 5.41) is 5.25. The Morgan fingerprint density at radius 1 is 1.04 bits per heavy atom. The molecule has 130 valence electrons. The Hall–Kier alpha value is -2.63. The lowest BCUT2D eigenvalue weighted by Gasteiger charge is -2.37. The predicted octanol–water partition coefficient (Wildman–Crippen LogP) is 2.23. The molecule has 0 N–H and O–H groups in total. The van der Waals surface area contributed by atoms with Gasteiger partial charge < -0.3 is 9.47 Å². The standard InChI is InChI=1S/C19H20N2O4/c1-24-14-8-7-13(15(9-14)25-2)10-20-21-18(22)16-11-3-4-12(6-5-11)17(16)19(21)23/h3-4,7-12,16-17H,5-6H2,1-2H3. The highest BCUT2D eigenvalue weighted by atomic mass is 16.5. The number of rotatable bonds is 4. The summed E-state index contributed by atoms with van der Waals surface area (Å²) in [5.41, 5.74) is 0.680. The molecule has 1 aliphatic heterocycles. The van der Waals surface area contributed by atoms with Crippen molar-refractivity contribution >= 4 is 18.0 Å². The zero-order valence-electron chi connectivity index (χ0n) is 14.2. The maximum atomic E-state index is 12.7. The zero-order chi connectivity index (χ0) is 17.6. The number of carbonyl (C=O) groups is 2. The lowest BCUT2D eigenvalue weighted by Crippen LogP contribution is -2.38. The molecule has 4 aliphatic rings. The monoisotopic (exact) mass is 340 g/mol. The number of allylic oxidation sites excluding steroid dienone is 2. The van der Waals surface area contributed by atoms with E-state index in [4.69, 9.17) is 9.47 Å². The third kappa shape index (κ3) is 2.44. The van der Waals surface area contributed by atoms with Crippen LogP contribution in [0.2, 0.25) is 0 Å². The van der Waals surface area contributed by atoms with Crippen LogP contribution >= 0.6 is 0 Å². The van der Waals surface area contributed by atoms with Crippen LogP contribution in [-0.2, 0) is 9.59 Å². The summed E-state index contributed by atoms with van der Waals surface area (Å²) in [7, 11) is 3.13. The van der Waals surface area contributed by atoms with E-state index < -0.39 is 0 Å². The van der Waals surface area contributed by atoms with Gasteiger partial charge in [-0.1, -0.05) is 12.2 Å². The summed E-state index contributed by atoms with van der Waals surface area (Å²) in [6, 6.07) is 5.30. The van der Waals surface area contributed by atoms with Crippen molar-refractivity contribution in [2.45, 2.75) is 12.8 Å². The molecule has 25 heavy (non-hydrogen) atoms. The average Bonchev–Trinajstić information content (AvgIpc) is 2.93. The summed E-state index contributed by atoms with van der Waals surface area (Å²) in [5.74, 6) is 0.717. The van der Waals surface area contributed by atoms with Gasteiger partial charge in [-0.05, 0) is 36.8 Å². The van der Waals surface area contributed by atoms with E-state index in [-0.39, 0.29) is 35.5 Å². The summed E-state index contributed by atoms with van der Waals surface area (Å²) in [6.45, 7) is 0. The largest absolute Gasteiger partial charge is 0.497 e. The molecular formula is C19H20N2O4. The molecule has 4 atom stereocenters. The molecule has 1 aromatic rings. The summed E-state index contributed by atoms with van der Waals surface area (Å²) in [6.07, 6.45) is 7.65. The van der Waals surface area contributed by atoms with Crippen molar-refractivity contribution < 1.29 is 19.1 Å². The summed E-state index contributed by atoms with van der Waals surface area (Å²) < 4.78 is 10.5. The Kier molecular flexibility index (Phi) is 3.82. The Balaban J connectivity index is 1.60. The number of methoxy groups -OCH3 is 2. The molecule has 0 radical (unpaired) electrons. The van der Waals surface area contributed by atoms with Crippen LogP contribution in [0.4, 0.5) is 0 Å². The first-order valence-electron chi connectivity index (χ1n) is 8.46. The van der Waals surface area contributed by atoms with Crippen molar-refractivity contribution in [1.29, 1.82) is 0 Å². The Labute approximate surface area is 146 Å². The van der Waals surface area contributed by atoms with Gasteiger partial charge in [0, 0.05) is 11.6 Å². The van der Waals surface area contributed by atoms with Crippen LogP contribution in [0.1, 0.15) is 18.4 Å². The molecule has 3 aliphatic carbocycles. The number of nitrogens with zero attached hydrogens (tertiary/aromatic N) is 2. The third-order valence-corrected chi connectivity index (χ3v) is 5.49. The van der Waals surface area contributed by atoms with E-state index >= 15 is 0 Å². The number of amides is 2. The van der Waals surface area contributed by atoms with Crippen molar-refractivity contribution in [2.24, 2.45) is 28.8 Å². The maximum absolute atomic E-state index is 12.7. The summed E-state index contributed by atoms with van der Waals surface area (Å²) >= 11 is 0. The van der Waals surface area contributed by atoms with Gasteiger partial charge in [-0.3, -0.25) is 9.59 Å². The van der Waals surface area contributed by atoms with Gasteiger partial charge in [-0.2, -0.15) is 10.1 Å². The number of ether oxygens (including phenoxy) is 2. The van der Waals surface area contributed by atoms with Gasteiger partial charge in [0.2, 0.25) is 0 Å². The number of hydrogen-bond donors (Lipinski definition) is 0. The first-order chi connectivity index (χ1) is 12.1. The highest BCUT2D eigenvalue weighted by Crippen LogP contribution is 2.49. The normalized spacial score (nSPS) is 30.2. The van der Waals surface area contributed by atoms with E-state index in [1.807, 2.05) is 0 Å². The fourth-order valence-electron chi connectivity index (χ4n) is 4.22. The number of hydrogen-bond acceptors (Lipinski definition) is 5. The molecule has 1 saturated heterocycles. The van der Waals surface area contributed by atoms with Crippen LogP contribution < -0.4 is 9.47 Å². The highest BCUT2D eigenvalue weighted by Gasteiger charge is 2.56. The van der Waals surface area contributed by atoms with Gasteiger partial charge in [0.25, 0.3) is 11.8 Å². The Morgan fingerprint density at radius 2 is 1.68 bits per heavy atom. The van der Waals surface area contributed by atoms with Crippen molar-refractivity contribution in [2.75, 3.05) is 14.2 Å². The fourth-order valence-corrected chi connectivity index (χ4v) is 4.22. The van der Waals surface area contributed by atoms with Crippen LogP contribution in [-0.4, -0.2) is 37.3 Å². The molecule has 0 spiro atoms. The predicted molar refractivity (Wildman–Crippen MR) is 91.3 cm³/mol. The number of benzene rings is 1. The van der Waals surface area contributed by atoms with E-state index in [1.165, 1.54) is 6.21 Å². The first kappa shape index (κ1) is 15.9. The lowest BCUT2D eigenvalue weighted by atomic mass is 9.63. The average molecular weight is 340 g/mol. The van der Waals surface area contributed by atoms with Crippen LogP contribution in [0.25, 0.3) is 0 Å². The Morgan fingerprint density at radius 3 is 2.20 bits per heavy atom. The van der Waals surface area contributed by atoms with Crippen molar-refractivity contribution in [3.8, 4) is 11.5 Å². The third-order valence-electron chi connectivity index (χ3n) is 5.49. The zero-order valence-corrected chi connectivity index (χ0v) is 14.2. The van der Waals surface area contributed by atoms with Gasteiger partial charge in [0.05, 0.1) is 32.3 Å². The molecule has 1 saturated carbocycles. The van der Waals surface area contributed by atoms with E-state index in [2.05, 4.69) is 17.3 Å². The quantitative estimate of drug-likeness (QED) is 0.479. The molecule has 6 nitrogen and oxygen atoms in total. The van der Waals surface area contributed by atoms with E-state index in [1.54, 1.807) is 32.4 Å². The van der Waals surface area contributed by atoms with Gasteiger partial charge in [0.15, 0.2) is 0 Å². The fraction of sp³-hybridized carbons (Fsp3) is 0.421. The number of hydrazone groups is 1. The molecule has 6 heteroatoms. The lowest BCUT2D eigenvalue weighted by molar-refractivity contribution is -0.140. The second-order valence-electron chi connectivity index (χ2n) is 6.68. The molecule has 1 heterocycles. The SMILES string of the molecule is COc1ccc(C=NN2C(=O)C3C4C=CC(CC4)C3C2=O)c(OC)c1. The van der Waals surface area contributed by atoms with Crippen LogP contribution in [0.15, 0.2) is 35.5 Å². The molecule has 2 bridgehead atoms. The molecule has 1 aromatic carbocycles. The minimum Gasteiger partial charge on any atom is -0.497 e. The number of carbonyl (C=O) groups excluding carboxylic acids is 2. The van der Waals surface area contributed by atoms with E-state index in [0.717, 1.165) is 17.9 Å².